The number of carbonyl (C=O) groups excluding carboxylic acids is 2. The SMILES string of the molecule is COCCOc1ccc(C(=O)N(C)c2ccccc2C(=O)NCc2ccccc2)cc1. The van der Waals surface area contributed by atoms with Crippen molar-refractivity contribution >= 4 is 17.5 Å². The maximum atomic E-state index is 13.0. The molecule has 0 saturated carbocycles. The normalized spacial score (nSPS) is 10.4. The molecule has 0 aliphatic heterocycles. The Morgan fingerprint density at radius 1 is 0.871 bits per heavy atom. The van der Waals surface area contributed by atoms with E-state index >= 15 is 0 Å². The number of nitrogens with zero attached hydrogens (tertiary/aromatic N) is 1. The average molecular weight is 418 g/mol. The van der Waals surface area contributed by atoms with Gasteiger partial charge in [0, 0.05) is 26.3 Å². The minimum absolute atomic E-state index is 0.216. The fraction of sp³-hybridized carbons (Fsp3) is 0.200. The molecule has 0 aliphatic carbocycles. The molecule has 0 aromatic heterocycles. The summed E-state index contributed by atoms with van der Waals surface area (Å²) in [5.74, 6) is 0.213. The highest BCUT2D eigenvalue weighted by atomic mass is 16.5. The molecule has 3 rings (SSSR count). The van der Waals surface area contributed by atoms with E-state index in [1.807, 2.05) is 30.3 Å². The lowest BCUT2D eigenvalue weighted by molar-refractivity contribution is 0.0951. The van der Waals surface area contributed by atoms with Crippen LogP contribution in [0.4, 0.5) is 5.69 Å². The second-order valence-electron chi connectivity index (χ2n) is 6.92. The molecule has 6 heteroatoms. The van der Waals surface area contributed by atoms with Gasteiger partial charge < -0.3 is 19.7 Å². The predicted octanol–water partition coefficient (Wildman–Crippen LogP) is 3.92. The Morgan fingerprint density at radius 3 is 2.26 bits per heavy atom. The van der Waals surface area contributed by atoms with Gasteiger partial charge in [0.25, 0.3) is 11.8 Å². The molecule has 6 nitrogen and oxygen atoms in total. The zero-order chi connectivity index (χ0) is 22.1. The second kappa shape index (κ2) is 10.9. The summed E-state index contributed by atoms with van der Waals surface area (Å²) in [6, 6.07) is 23.7. The quantitative estimate of drug-likeness (QED) is 0.535. The first-order valence-corrected chi connectivity index (χ1v) is 10.0. The highest BCUT2D eigenvalue weighted by Gasteiger charge is 2.19. The van der Waals surface area contributed by atoms with Crippen molar-refractivity contribution in [3.63, 3.8) is 0 Å². The monoisotopic (exact) mass is 418 g/mol. The van der Waals surface area contributed by atoms with Crippen LogP contribution in [0.5, 0.6) is 5.75 Å². The first-order chi connectivity index (χ1) is 15.1. The predicted molar refractivity (Wildman–Crippen MR) is 121 cm³/mol. The molecule has 160 valence electrons. The van der Waals surface area contributed by atoms with Crippen LogP contribution in [0, 0.1) is 0 Å². The van der Waals surface area contributed by atoms with Gasteiger partial charge in [-0.2, -0.15) is 0 Å². The van der Waals surface area contributed by atoms with Crippen LogP contribution in [-0.2, 0) is 11.3 Å². The highest BCUT2D eigenvalue weighted by molar-refractivity contribution is 6.10. The number of anilines is 1. The molecule has 0 heterocycles. The van der Waals surface area contributed by atoms with Crippen molar-refractivity contribution in [3.05, 3.63) is 95.6 Å². The van der Waals surface area contributed by atoms with E-state index in [0.29, 0.717) is 42.3 Å². The molecule has 0 unspecified atom stereocenters. The van der Waals surface area contributed by atoms with Gasteiger partial charge in [0.2, 0.25) is 0 Å². The highest BCUT2D eigenvalue weighted by Crippen LogP contribution is 2.22. The lowest BCUT2D eigenvalue weighted by Crippen LogP contribution is -2.30. The van der Waals surface area contributed by atoms with E-state index in [2.05, 4.69) is 5.32 Å². The fourth-order valence-electron chi connectivity index (χ4n) is 3.07. The molecule has 0 fully saturated rings. The summed E-state index contributed by atoms with van der Waals surface area (Å²) in [6.45, 7) is 1.35. The first kappa shape index (κ1) is 22.1. The number of methoxy groups -OCH3 is 1. The molecule has 0 radical (unpaired) electrons. The first-order valence-electron chi connectivity index (χ1n) is 10.0. The minimum atomic E-state index is -0.235. The number of hydrogen-bond donors (Lipinski definition) is 1. The van der Waals surface area contributed by atoms with Gasteiger partial charge in [-0.3, -0.25) is 9.59 Å². The van der Waals surface area contributed by atoms with E-state index in [1.54, 1.807) is 62.7 Å². The standard InChI is InChI=1S/C25H26N2O4/c1-27(25(29)20-12-14-21(15-13-20)31-17-16-30-2)23-11-7-6-10-22(23)24(28)26-18-19-8-4-3-5-9-19/h3-15H,16-18H2,1-2H3,(H,26,28). The van der Waals surface area contributed by atoms with Gasteiger partial charge in [-0.25, -0.2) is 0 Å². The van der Waals surface area contributed by atoms with Gasteiger partial charge in [0.15, 0.2) is 0 Å². The topological polar surface area (TPSA) is 67.9 Å². The van der Waals surface area contributed by atoms with Crippen molar-refractivity contribution in [2.24, 2.45) is 0 Å². The third-order valence-corrected chi connectivity index (χ3v) is 4.77. The number of hydrogen-bond acceptors (Lipinski definition) is 4. The van der Waals surface area contributed by atoms with E-state index in [4.69, 9.17) is 9.47 Å². The van der Waals surface area contributed by atoms with E-state index in [1.165, 1.54) is 4.90 Å². The molecule has 3 aromatic rings. The summed E-state index contributed by atoms with van der Waals surface area (Å²) in [6.07, 6.45) is 0. The summed E-state index contributed by atoms with van der Waals surface area (Å²) in [5.41, 5.74) is 2.49. The van der Waals surface area contributed by atoms with Gasteiger partial charge in [0.05, 0.1) is 17.9 Å². The van der Waals surface area contributed by atoms with Crippen molar-refractivity contribution in [2.45, 2.75) is 6.54 Å². The molecule has 0 aliphatic rings. The Morgan fingerprint density at radius 2 is 1.55 bits per heavy atom. The van der Waals surface area contributed by atoms with Crippen molar-refractivity contribution in [1.29, 1.82) is 0 Å². The zero-order valence-electron chi connectivity index (χ0n) is 17.7. The number of amides is 2. The molecule has 0 atom stereocenters. The minimum Gasteiger partial charge on any atom is -0.491 e. The Bertz CT molecular complexity index is 1000. The van der Waals surface area contributed by atoms with Crippen LogP contribution in [0.1, 0.15) is 26.3 Å². The Balaban J connectivity index is 1.70. The molecule has 31 heavy (non-hydrogen) atoms. The molecule has 0 spiro atoms. The van der Waals surface area contributed by atoms with Crippen molar-refractivity contribution in [1.82, 2.24) is 5.32 Å². The molecule has 0 bridgehead atoms. The maximum absolute atomic E-state index is 13.0. The van der Waals surface area contributed by atoms with Crippen LogP contribution >= 0.6 is 0 Å². The van der Waals surface area contributed by atoms with Crippen molar-refractivity contribution in [3.8, 4) is 5.75 Å². The lowest BCUT2D eigenvalue weighted by atomic mass is 10.1. The molecule has 1 N–H and O–H groups in total. The van der Waals surface area contributed by atoms with E-state index in [0.717, 1.165) is 5.56 Å². The van der Waals surface area contributed by atoms with Crippen molar-refractivity contribution in [2.75, 3.05) is 32.3 Å². The van der Waals surface area contributed by atoms with E-state index < -0.39 is 0 Å². The van der Waals surface area contributed by atoms with E-state index in [9.17, 15) is 9.59 Å². The summed E-state index contributed by atoms with van der Waals surface area (Å²) in [7, 11) is 3.27. The maximum Gasteiger partial charge on any atom is 0.258 e. The third-order valence-electron chi connectivity index (χ3n) is 4.77. The second-order valence-corrected chi connectivity index (χ2v) is 6.92. The van der Waals surface area contributed by atoms with Gasteiger partial charge in [-0.1, -0.05) is 42.5 Å². The number of nitrogens with one attached hydrogen (secondary N) is 1. The van der Waals surface area contributed by atoms with Crippen LogP contribution in [0.15, 0.2) is 78.9 Å². The molecule has 2 amide bonds. The number of para-hydroxylation sites is 1. The molecular weight excluding hydrogens is 392 g/mol. The molecular formula is C25H26N2O4. The number of carbonyl (C=O) groups is 2. The largest absolute Gasteiger partial charge is 0.491 e. The van der Waals surface area contributed by atoms with Crippen LogP contribution in [0.3, 0.4) is 0 Å². The number of benzene rings is 3. The summed E-state index contributed by atoms with van der Waals surface area (Å²) < 4.78 is 10.5. The van der Waals surface area contributed by atoms with Crippen LogP contribution in [0.25, 0.3) is 0 Å². The van der Waals surface area contributed by atoms with Gasteiger partial charge in [-0.05, 0) is 42.0 Å². The van der Waals surface area contributed by atoms with Gasteiger partial charge >= 0.3 is 0 Å². The number of ether oxygens (including phenoxy) is 2. The van der Waals surface area contributed by atoms with Crippen LogP contribution < -0.4 is 15.0 Å². The average Bonchev–Trinajstić information content (AvgIpc) is 2.83. The summed E-state index contributed by atoms with van der Waals surface area (Å²) in [4.78, 5) is 27.3. The van der Waals surface area contributed by atoms with E-state index in [-0.39, 0.29) is 11.8 Å². The Kier molecular flexibility index (Phi) is 7.79. The number of rotatable bonds is 9. The molecule has 0 saturated heterocycles. The van der Waals surface area contributed by atoms with Gasteiger partial charge in [0.1, 0.15) is 12.4 Å². The fourth-order valence-corrected chi connectivity index (χ4v) is 3.07. The summed E-state index contributed by atoms with van der Waals surface area (Å²) in [5, 5.41) is 2.92. The van der Waals surface area contributed by atoms with Gasteiger partial charge in [-0.15, -0.1) is 0 Å². The summed E-state index contributed by atoms with van der Waals surface area (Å²) >= 11 is 0. The van der Waals surface area contributed by atoms with Crippen molar-refractivity contribution < 1.29 is 19.1 Å². The zero-order valence-corrected chi connectivity index (χ0v) is 17.7. The molecule has 3 aromatic carbocycles. The Labute approximate surface area is 182 Å². The lowest BCUT2D eigenvalue weighted by Gasteiger charge is -2.21. The van der Waals surface area contributed by atoms with Crippen LogP contribution in [-0.4, -0.2) is 39.2 Å². The third kappa shape index (κ3) is 5.93. The Hall–Kier alpha value is -3.64. The van der Waals surface area contributed by atoms with Crippen LogP contribution in [0.2, 0.25) is 0 Å². The smallest absolute Gasteiger partial charge is 0.258 e.